The minimum Gasteiger partial charge on any atom is -0.258 e. The van der Waals surface area contributed by atoms with E-state index in [1.165, 1.54) is 12.1 Å². The van der Waals surface area contributed by atoms with Crippen molar-refractivity contribution in [3.63, 3.8) is 0 Å². The molecule has 2 aromatic carbocycles. The number of nitro benzene ring substituents is 2. The highest BCUT2D eigenvalue weighted by Gasteiger charge is 2.27. The maximum Gasteiger partial charge on any atom is 0.278 e. The van der Waals surface area contributed by atoms with Gasteiger partial charge in [-0.05, 0) is 23.6 Å². The van der Waals surface area contributed by atoms with E-state index in [1.807, 2.05) is 13.8 Å². The molecule has 6 nitrogen and oxygen atoms in total. The summed E-state index contributed by atoms with van der Waals surface area (Å²) in [5, 5.41) is 22.7. The molecule has 0 radical (unpaired) electrons. The Hall–Kier alpha value is -2.28. The van der Waals surface area contributed by atoms with Crippen LogP contribution >= 0.6 is 15.9 Å². The first-order valence-electron chi connectivity index (χ1n) is 6.54. The summed E-state index contributed by atoms with van der Waals surface area (Å²) in [6.45, 7) is 3.79. The van der Waals surface area contributed by atoms with Crippen LogP contribution in [0.1, 0.15) is 25.3 Å². The fourth-order valence-corrected chi connectivity index (χ4v) is 2.81. The molecule has 0 spiro atoms. The van der Waals surface area contributed by atoms with Crippen molar-refractivity contribution in [3.8, 4) is 11.1 Å². The van der Waals surface area contributed by atoms with Gasteiger partial charge in [0, 0.05) is 16.6 Å². The van der Waals surface area contributed by atoms with Gasteiger partial charge >= 0.3 is 0 Å². The van der Waals surface area contributed by atoms with E-state index in [9.17, 15) is 20.2 Å². The molecule has 0 atom stereocenters. The van der Waals surface area contributed by atoms with Gasteiger partial charge < -0.3 is 0 Å². The fraction of sp³-hybridized carbons (Fsp3) is 0.200. The molecule has 0 aliphatic carbocycles. The van der Waals surface area contributed by atoms with E-state index in [0.717, 1.165) is 0 Å². The van der Waals surface area contributed by atoms with Crippen LogP contribution in [0.4, 0.5) is 11.4 Å². The van der Waals surface area contributed by atoms with E-state index >= 15 is 0 Å². The van der Waals surface area contributed by atoms with E-state index < -0.39 is 9.85 Å². The van der Waals surface area contributed by atoms with E-state index in [-0.39, 0.29) is 22.9 Å². The molecule has 7 heteroatoms. The number of nitrogens with zero attached hydrogens (tertiary/aromatic N) is 2. The zero-order chi connectivity index (χ0) is 16.4. The van der Waals surface area contributed by atoms with Crippen molar-refractivity contribution in [1.29, 1.82) is 0 Å². The van der Waals surface area contributed by atoms with Crippen LogP contribution in [-0.2, 0) is 0 Å². The van der Waals surface area contributed by atoms with Crippen LogP contribution < -0.4 is 0 Å². The number of para-hydroxylation sites is 1. The van der Waals surface area contributed by atoms with Crippen molar-refractivity contribution in [3.05, 3.63) is 66.7 Å². The number of nitro groups is 2. The highest BCUT2D eigenvalue weighted by molar-refractivity contribution is 9.10. The Bertz CT molecular complexity index is 759. The first-order chi connectivity index (χ1) is 10.3. The van der Waals surface area contributed by atoms with Gasteiger partial charge in [-0.15, -0.1) is 0 Å². The fourth-order valence-electron chi connectivity index (χ4n) is 2.35. The Kier molecular flexibility index (Phi) is 4.56. The minimum absolute atomic E-state index is 0.0222. The van der Waals surface area contributed by atoms with Crippen LogP contribution in [0.2, 0.25) is 0 Å². The average Bonchev–Trinajstić information content (AvgIpc) is 2.46. The molecule has 0 amide bonds. The van der Waals surface area contributed by atoms with Crippen molar-refractivity contribution >= 4 is 27.3 Å². The third-order valence-electron chi connectivity index (χ3n) is 3.30. The second kappa shape index (κ2) is 6.23. The number of hydrogen-bond acceptors (Lipinski definition) is 4. The monoisotopic (exact) mass is 364 g/mol. The first-order valence-corrected chi connectivity index (χ1v) is 7.33. The maximum atomic E-state index is 11.4. The summed E-state index contributed by atoms with van der Waals surface area (Å²) < 4.78 is 0.574. The summed E-state index contributed by atoms with van der Waals surface area (Å²) in [6.07, 6.45) is 0. The third kappa shape index (κ3) is 2.99. The Labute approximate surface area is 135 Å². The minimum atomic E-state index is -0.523. The lowest BCUT2D eigenvalue weighted by Gasteiger charge is -2.14. The predicted molar refractivity (Wildman–Crippen MR) is 87.0 cm³/mol. The molecule has 2 rings (SSSR count). The molecule has 2 aromatic rings. The second-order valence-corrected chi connectivity index (χ2v) is 5.99. The molecule has 0 unspecified atom stereocenters. The molecular formula is C15H13BrN2O4. The Morgan fingerprint density at radius 3 is 2.14 bits per heavy atom. The lowest BCUT2D eigenvalue weighted by Crippen LogP contribution is -2.01. The normalized spacial score (nSPS) is 10.7. The van der Waals surface area contributed by atoms with E-state index in [4.69, 9.17) is 0 Å². The SMILES string of the molecule is CC(C)c1cc(Br)cc([N+](=O)[O-])c1-c1ccccc1[N+](=O)[O-]. The number of rotatable bonds is 4. The molecule has 0 saturated heterocycles. The highest BCUT2D eigenvalue weighted by Crippen LogP contribution is 2.42. The summed E-state index contributed by atoms with van der Waals surface area (Å²) in [5.74, 6) is -0.0222. The largest absolute Gasteiger partial charge is 0.278 e. The molecule has 0 aromatic heterocycles. The van der Waals surface area contributed by atoms with Gasteiger partial charge in [-0.3, -0.25) is 20.2 Å². The smallest absolute Gasteiger partial charge is 0.258 e. The third-order valence-corrected chi connectivity index (χ3v) is 3.76. The van der Waals surface area contributed by atoms with Gasteiger partial charge in [-0.1, -0.05) is 41.9 Å². The van der Waals surface area contributed by atoms with Crippen LogP contribution in [0, 0.1) is 20.2 Å². The van der Waals surface area contributed by atoms with Gasteiger partial charge in [0.05, 0.1) is 21.0 Å². The Balaban J connectivity index is 2.90. The molecule has 0 fully saturated rings. The lowest BCUT2D eigenvalue weighted by molar-refractivity contribution is -0.386. The lowest BCUT2D eigenvalue weighted by atomic mass is 9.90. The molecule has 0 aliphatic heterocycles. The summed E-state index contributed by atoms with van der Waals surface area (Å²) in [7, 11) is 0. The summed E-state index contributed by atoms with van der Waals surface area (Å²) in [5.41, 5.74) is 0.962. The molecule has 0 saturated carbocycles. The summed E-state index contributed by atoms with van der Waals surface area (Å²) in [6, 6.07) is 9.21. The molecule has 0 N–H and O–H groups in total. The van der Waals surface area contributed by atoms with Gasteiger partial charge in [0.2, 0.25) is 0 Å². The summed E-state index contributed by atoms with van der Waals surface area (Å²) in [4.78, 5) is 21.6. The molecule has 22 heavy (non-hydrogen) atoms. The van der Waals surface area contributed by atoms with Gasteiger partial charge in [0.25, 0.3) is 11.4 Å². The molecule has 0 aliphatic rings. The first kappa shape index (κ1) is 16.1. The quantitative estimate of drug-likeness (QED) is 0.560. The number of benzene rings is 2. The van der Waals surface area contributed by atoms with E-state index in [1.54, 1.807) is 24.3 Å². The molecule has 114 valence electrons. The summed E-state index contributed by atoms with van der Waals surface area (Å²) >= 11 is 3.27. The van der Waals surface area contributed by atoms with Gasteiger partial charge in [0.1, 0.15) is 0 Å². The number of hydrogen-bond donors (Lipinski definition) is 0. The van der Waals surface area contributed by atoms with Crippen molar-refractivity contribution in [2.24, 2.45) is 0 Å². The van der Waals surface area contributed by atoms with Crippen LogP contribution in [0.3, 0.4) is 0 Å². The predicted octanol–water partition coefficient (Wildman–Crippen LogP) is 5.06. The van der Waals surface area contributed by atoms with Crippen LogP contribution in [0.5, 0.6) is 0 Å². The standard InChI is InChI=1S/C15H13BrN2O4/c1-9(2)12-7-10(16)8-14(18(21)22)15(12)11-5-3-4-6-13(11)17(19)20/h3-9H,1-2H3. The van der Waals surface area contributed by atoms with E-state index in [0.29, 0.717) is 15.6 Å². The van der Waals surface area contributed by atoms with Crippen molar-refractivity contribution < 1.29 is 9.85 Å². The van der Waals surface area contributed by atoms with Gasteiger partial charge in [-0.2, -0.15) is 0 Å². The topological polar surface area (TPSA) is 86.3 Å². The van der Waals surface area contributed by atoms with Crippen molar-refractivity contribution in [2.45, 2.75) is 19.8 Å². The van der Waals surface area contributed by atoms with Gasteiger partial charge in [-0.25, -0.2) is 0 Å². The average molecular weight is 365 g/mol. The van der Waals surface area contributed by atoms with Crippen LogP contribution in [0.25, 0.3) is 11.1 Å². The van der Waals surface area contributed by atoms with Gasteiger partial charge in [0.15, 0.2) is 0 Å². The zero-order valence-electron chi connectivity index (χ0n) is 11.9. The van der Waals surface area contributed by atoms with Crippen molar-refractivity contribution in [2.75, 3.05) is 0 Å². The van der Waals surface area contributed by atoms with Crippen molar-refractivity contribution in [1.82, 2.24) is 0 Å². The zero-order valence-corrected chi connectivity index (χ0v) is 13.5. The Morgan fingerprint density at radius 1 is 1.00 bits per heavy atom. The Morgan fingerprint density at radius 2 is 1.59 bits per heavy atom. The highest BCUT2D eigenvalue weighted by atomic mass is 79.9. The second-order valence-electron chi connectivity index (χ2n) is 5.08. The van der Waals surface area contributed by atoms with Crippen LogP contribution in [0.15, 0.2) is 40.9 Å². The number of halogens is 1. The molecule has 0 heterocycles. The maximum absolute atomic E-state index is 11.4. The molecule has 0 bridgehead atoms. The van der Waals surface area contributed by atoms with Crippen LogP contribution in [-0.4, -0.2) is 9.85 Å². The van der Waals surface area contributed by atoms with E-state index in [2.05, 4.69) is 15.9 Å². The molecular weight excluding hydrogens is 352 g/mol.